The smallest absolute Gasteiger partial charge is 0.258 e. The first kappa shape index (κ1) is 16.5. The molecule has 132 valence electrons. The molecule has 0 N–H and O–H groups in total. The van der Waals surface area contributed by atoms with E-state index in [1.165, 1.54) is 11.0 Å². The van der Waals surface area contributed by atoms with Crippen LogP contribution in [0.3, 0.4) is 0 Å². The van der Waals surface area contributed by atoms with Gasteiger partial charge in [0.2, 0.25) is 0 Å². The van der Waals surface area contributed by atoms with Crippen LogP contribution in [0, 0.1) is 0 Å². The molecule has 3 aromatic rings. The van der Waals surface area contributed by atoms with E-state index in [9.17, 15) is 4.79 Å². The van der Waals surface area contributed by atoms with E-state index in [4.69, 9.17) is 16.3 Å². The monoisotopic (exact) mass is 369 g/mol. The third-order valence-corrected chi connectivity index (χ3v) is 4.61. The molecule has 7 nitrogen and oxygen atoms in total. The number of hydrogen-bond donors (Lipinski definition) is 0. The maximum atomic E-state index is 13.2. The summed E-state index contributed by atoms with van der Waals surface area (Å²) in [4.78, 5) is 14.9. The molecule has 0 bridgehead atoms. The average Bonchev–Trinajstić information content (AvgIpc) is 3.22. The van der Waals surface area contributed by atoms with E-state index in [1.54, 1.807) is 29.2 Å². The Bertz CT molecular complexity index is 945. The summed E-state index contributed by atoms with van der Waals surface area (Å²) in [7, 11) is 0. The topological polar surface area (TPSA) is 73.1 Å². The Morgan fingerprint density at radius 1 is 1.31 bits per heavy atom. The predicted molar refractivity (Wildman–Crippen MR) is 97.0 cm³/mol. The van der Waals surface area contributed by atoms with Crippen LogP contribution in [0.2, 0.25) is 5.02 Å². The van der Waals surface area contributed by atoms with Gasteiger partial charge in [-0.05, 0) is 47.2 Å². The second kappa shape index (κ2) is 6.76. The Morgan fingerprint density at radius 3 is 2.92 bits per heavy atom. The van der Waals surface area contributed by atoms with E-state index >= 15 is 0 Å². The second-order valence-electron chi connectivity index (χ2n) is 5.96. The van der Waals surface area contributed by atoms with Gasteiger partial charge >= 0.3 is 0 Å². The van der Waals surface area contributed by atoms with Gasteiger partial charge in [-0.1, -0.05) is 30.7 Å². The number of tetrazole rings is 1. The molecule has 26 heavy (non-hydrogen) atoms. The van der Waals surface area contributed by atoms with Crippen molar-refractivity contribution >= 4 is 23.2 Å². The fourth-order valence-corrected chi connectivity index (χ4v) is 3.17. The lowest BCUT2D eigenvalue weighted by Crippen LogP contribution is -2.43. The second-order valence-corrected chi connectivity index (χ2v) is 6.36. The van der Waals surface area contributed by atoms with Crippen molar-refractivity contribution in [1.29, 1.82) is 0 Å². The standard InChI is InChI=1S/C18H16ClN5O2/c1-2-14-10-23(16-8-4-7-15(19)17(16)26-14)18(25)12-5-3-6-13(9-12)24-11-20-21-22-24/h3-9,11,14H,2,10H2,1H3/t14-/m0/s1. The maximum Gasteiger partial charge on any atom is 0.258 e. The van der Waals surface area contributed by atoms with Gasteiger partial charge in [-0.2, -0.15) is 0 Å². The summed E-state index contributed by atoms with van der Waals surface area (Å²) >= 11 is 6.28. The highest BCUT2D eigenvalue weighted by Crippen LogP contribution is 2.40. The molecular formula is C18H16ClN5O2. The minimum atomic E-state index is -0.120. The molecule has 1 amide bonds. The third kappa shape index (κ3) is 2.90. The van der Waals surface area contributed by atoms with Crippen molar-refractivity contribution in [2.75, 3.05) is 11.4 Å². The fraction of sp³-hybridized carbons (Fsp3) is 0.222. The zero-order valence-electron chi connectivity index (χ0n) is 14.0. The highest BCUT2D eigenvalue weighted by molar-refractivity contribution is 6.32. The molecule has 0 fully saturated rings. The number of benzene rings is 2. The molecule has 4 rings (SSSR count). The number of aromatic nitrogens is 4. The number of ether oxygens (including phenoxy) is 1. The van der Waals surface area contributed by atoms with Gasteiger partial charge in [-0.25, -0.2) is 4.68 Å². The van der Waals surface area contributed by atoms with Gasteiger partial charge in [0, 0.05) is 5.56 Å². The number of carbonyl (C=O) groups is 1. The first-order valence-electron chi connectivity index (χ1n) is 8.28. The molecule has 0 saturated carbocycles. The summed E-state index contributed by atoms with van der Waals surface area (Å²) in [5.41, 5.74) is 1.94. The number of anilines is 1. The Balaban J connectivity index is 1.73. The number of halogens is 1. The number of rotatable bonds is 3. The molecule has 0 saturated heterocycles. The molecule has 1 aromatic heterocycles. The lowest BCUT2D eigenvalue weighted by atomic mass is 10.1. The van der Waals surface area contributed by atoms with E-state index < -0.39 is 0 Å². The van der Waals surface area contributed by atoms with Crippen LogP contribution >= 0.6 is 11.6 Å². The van der Waals surface area contributed by atoms with Gasteiger partial charge < -0.3 is 9.64 Å². The van der Waals surface area contributed by atoms with Crippen LogP contribution in [-0.2, 0) is 0 Å². The summed E-state index contributed by atoms with van der Waals surface area (Å²) in [6.07, 6.45) is 2.16. The molecule has 1 atom stereocenters. The number of nitrogens with zero attached hydrogens (tertiary/aromatic N) is 5. The molecule has 8 heteroatoms. The lowest BCUT2D eigenvalue weighted by molar-refractivity contribution is 0.0954. The minimum Gasteiger partial charge on any atom is -0.485 e. The SMILES string of the molecule is CC[C@H]1CN(C(=O)c2cccc(-n3cnnn3)c2)c2cccc(Cl)c2O1. The number of carbonyl (C=O) groups excluding carboxylic acids is 1. The highest BCUT2D eigenvalue weighted by Gasteiger charge is 2.31. The first-order chi connectivity index (χ1) is 12.7. The highest BCUT2D eigenvalue weighted by atomic mass is 35.5. The van der Waals surface area contributed by atoms with Gasteiger partial charge in [0.1, 0.15) is 12.4 Å². The minimum absolute atomic E-state index is 0.103. The molecule has 0 aliphatic carbocycles. The molecule has 1 aliphatic heterocycles. The zero-order valence-corrected chi connectivity index (χ0v) is 14.8. The molecule has 0 spiro atoms. The number of hydrogen-bond acceptors (Lipinski definition) is 5. The third-order valence-electron chi connectivity index (χ3n) is 4.31. The van der Waals surface area contributed by atoms with Crippen LogP contribution in [0.1, 0.15) is 23.7 Å². The maximum absolute atomic E-state index is 13.2. The molecule has 2 heterocycles. The van der Waals surface area contributed by atoms with Crippen LogP contribution in [0.25, 0.3) is 5.69 Å². The van der Waals surface area contributed by atoms with Crippen molar-refractivity contribution in [2.45, 2.75) is 19.4 Å². The van der Waals surface area contributed by atoms with Crippen LogP contribution in [0.5, 0.6) is 5.75 Å². The number of amides is 1. The molecule has 0 unspecified atom stereocenters. The number of fused-ring (bicyclic) bond motifs is 1. The summed E-state index contributed by atoms with van der Waals surface area (Å²) in [6, 6.07) is 12.6. The van der Waals surface area contributed by atoms with Crippen LogP contribution in [0.15, 0.2) is 48.8 Å². The van der Waals surface area contributed by atoms with Gasteiger partial charge in [0.15, 0.2) is 5.75 Å². The lowest BCUT2D eigenvalue weighted by Gasteiger charge is -2.35. The van der Waals surface area contributed by atoms with Crippen LogP contribution in [0.4, 0.5) is 5.69 Å². The van der Waals surface area contributed by atoms with Gasteiger partial charge in [-0.3, -0.25) is 4.79 Å². The first-order valence-corrected chi connectivity index (χ1v) is 8.65. The van der Waals surface area contributed by atoms with Gasteiger partial charge in [-0.15, -0.1) is 5.10 Å². The predicted octanol–water partition coefficient (Wildman–Crippen LogP) is 3.13. The molecule has 2 aromatic carbocycles. The van der Waals surface area contributed by atoms with Crippen molar-refractivity contribution in [1.82, 2.24) is 20.2 Å². The van der Waals surface area contributed by atoms with Crippen molar-refractivity contribution in [3.63, 3.8) is 0 Å². The summed E-state index contributed by atoms with van der Waals surface area (Å²) in [6.45, 7) is 2.49. The largest absolute Gasteiger partial charge is 0.485 e. The normalized spacial score (nSPS) is 16.1. The van der Waals surface area contributed by atoms with Gasteiger partial charge in [0.05, 0.1) is 22.9 Å². The van der Waals surface area contributed by atoms with Crippen molar-refractivity contribution < 1.29 is 9.53 Å². The van der Waals surface area contributed by atoms with Crippen LogP contribution in [-0.4, -0.2) is 38.8 Å². The fourth-order valence-electron chi connectivity index (χ4n) is 2.95. The van der Waals surface area contributed by atoms with E-state index in [2.05, 4.69) is 15.5 Å². The van der Waals surface area contributed by atoms with E-state index in [-0.39, 0.29) is 12.0 Å². The van der Waals surface area contributed by atoms with E-state index in [0.29, 0.717) is 34.3 Å². The van der Waals surface area contributed by atoms with E-state index in [1.807, 2.05) is 25.1 Å². The van der Waals surface area contributed by atoms with Crippen molar-refractivity contribution in [3.8, 4) is 11.4 Å². The summed E-state index contributed by atoms with van der Waals surface area (Å²) in [5.74, 6) is 0.433. The summed E-state index contributed by atoms with van der Waals surface area (Å²) < 4.78 is 7.46. The Morgan fingerprint density at radius 2 is 2.15 bits per heavy atom. The Labute approximate surface area is 155 Å². The van der Waals surface area contributed by atoms with Crippen LogP contribution < -0.4 is 9.64 Å². The molecule has 0 radical (unpaired) electrons. The average molecular weight is 370 g/mol. The van der Waals surface area contributed by atoms with E-state index in [0.717, 1.165) is 6.42 Å². The Hall–Kier alpha value is -2.93. The zero-order chi connectivity index (χ0) is 18.1. The van der Waals surface area contributed by atoms with Gasteiger partial charge in [0.25, 0.3) is 5.91 Å². The van der Waals surface area contributed by atoms with Crippen molar-refractivity contribution in [3.05, 3.63) is 59.4 Å². The van der Waals surface area contributed by atoms with Crippen molar-refractivity contribution in [2.24, 2.45) is 0 Å². The quantitative estimate of drug-likeness (QED) is 0.709. The number of para-hydroxylation sites is 1. The molecular weight excluding hydrogens is 354 g/mol. The summed E-state index contributed by atoms with van der Waals surface area (Å²) in [5, 5.41) is 11.6. The molecule has 1 aliphatic rings. The Kier molecular flexibility index (Phi) is 4.30.